The monoisotopic (exact) mass is 204 g/mol. The summed E-state index contributed by atoms with van der Waals surface area (Å²) in [6.45, 7) is 5.83. The summed E-state index contributed by atoms with van der Waals surface area (Å²) in [7, 11) is 0. The standard InChI is InChI=1S/C11H9ClN2/c1-7(2)8-3-4-9-10(5-8)14-11(12)6-13-9/h3-6H,1H2,2H3. The van der Waals surface area contributed by atoms with Gasteiger partial charge in [-0.3, -0.25) is 4.98 Å². The molecule has 0 saturated heterocycles. The smallest absolute Gasteiger partial charge is 0.148 e. The molecular weight excluding hydrogens is 196 g/mol. The molecular formula is C11H9ClN2. The van der Waals surface area contributed by atoms with Gasteiger partial charge in [0.15, 0.2) is 0 Å². The molecule has 3 heteroatoms. The zero-order valence-corrected chi connectivity index (χ0v) is 8.54. The maximum atomic E-state index is 5.75. The van der Waals surface area contributed by atoms with Crippen molar-refractivity contribution in [2.45, 2.75) is 6.92 Å². The highest BCUT2D eigenvalue weighted by Gasteiger charge is 2.00. The number of hydrogen-bond donors (Lipinski definition) is 0. The van der Waals surface area contributed by atoms with Crippen LogP contribution in [-0.2, 0) is 0 Å². The SMILES string of the molecule is C=C(C)c1ccc2ncc(Cl)nc2c1. The predicted octanol–water partition coefficient (Wildman–Crippen LogP) is 3.32. The summed E-state index contributed by atoms with van der Waals surface area (Å²) in [5.41, 5.74) is 3.72. The van der Waals surface area contributed by atoms with Crippen LogP contribution in [-0.4, -0.2) is 9.97 Å². The van der Waals surface area contributed by atoms with Crippen LogP contribution in [0.1, 0.15) is 12.5 Å². The largest absolute Gasteiger partial charge is 0.251 e. The van der Waals surface area contributed by atoms with Crippen LogP contribution in [0.4, 0.5) is 0 Å². The number of halogens is 1. The van der Waals surface area contributed by atoms with E-state index in [2.05, 4.69) is 16.5 Å². The Balaban J connectivity index is 2.69. The Bertz CT molecular complexity index is 506. The van der Waals surface area contributed by atoms with Crippen LogP contribution in [0.25, 0.3) is 16.6 Å². The quantitative estimate of drug-likeness (QED) is 0.712. The van der Waals surface area contributed by atoms with Crippen molar-refractivity contribution in [3.05, 3.63) is 41.7 Å². The molecule has 0 bridgehead atoms. The van der Waals surface area contributed by atoms with E-state index in [1.54, 1.807) is 6.20 Å². The summed E-state index contributed by atoms with van der Waals surface area (Å²) in [5, 5.41) is 0.413. The molecule has 0 saturated carbocycles. The fourth-order valence-corrected chi connectivity index (χ4v) is 1.39. The summed E-state index contributed by atoms with van der Waals surface area (Å²) in [6.07, 6.45) is 1.55. The number of fused-ring (bicyclic) bond motifs is 1. The minimum absolute atomic E-state index is 0.413. The average Bonchev–Trinajstić information content (AvgIpc) is 2.16. The van der Waals surface area contributed by atoms with E-state index in [0.29, 0.717) is 5.15 Å². The first-order valence-electron chi connectivity index (χ1n) is 4.25. The minimum Gasteiger partial charge on any atom is -0.251 e. The normalized spacial score (nSPS) is 10.4. The first-order chi connectivity index (χ1) is 6.66. The number of benzene rings is 1. The lowest BCUT2D eigenvalue weighted by atomic mass is 10.1. The minimum atomic E-state index is 0.413. The molecule has 1 aromatic heterocycles. The van der Waals surface area contributed by atoms with Crippen molar-refractivity contribution in [2.24, 2.45) is 0 Å². The molecule has 0 aliphatic carbocycles. The van der Waals surface area contributed by atoms with Gasteiger partial charge in [-0.15, -0.1) is 0 Å². The molecule has 0 aliphatic heterocycles. The summed E-state index contributed by atoms with van der Waals surface area (Å²) in [5.74, 6) is 0. The van der Waals surface area contributed by atoms with Crippen molar-refractivity contribution < 1.29 is 0 Å². The summed E-state index contributed by atoms with van der Waals surface area (Å²) >= 11 is 5.75. The van der Waals surface area contributed by atoms with Crippen LogP contribution < -0.4 is 0 Å². The zero-order valence-electron chi connectivity index (χ0n) is 7.79. The van der Waals surface area contributed by atoms with E-state index in [4.69, 9.17) is 11.6 Å². The van der Waals surface area contributed by atoms with Gasteiger partial charge in [-0.1, -0.05) is 29.8 Å². The van der Waals surface area contributed by atoms with Crippen LogP contribution >= 0.6 is 11.6 Å². The second-order valence-electron chi connectivity index (χ2n) is 3.18. The van der Waals surface area contributed by atoms with Crippen molar-refractivity contribution in [3.8, 4) is 0 Å². The molecule has 0 fully saturated rings. The lowest BCUT2D eigenvalue weighted by Crippen LogP contribution is -1.86. The van der Waals surface area contributed by atoms with Gasteiger partial charge in [0, 0.05) is 0 Å². The first kappa shape index (κ1) is 9.16. The number of nitrogens with zero attached hydrogens (tertiary/aromatic N) is 2. The fraction of sp³-hybridized carbons (Fsp3) is 0.0909. The molecule has 0 spiro atoms. The molecule has 2 rings (SSSR count). The van der Waals surface area contributed by atoms with Gasteiger partial charge in [0.1, 0.15) is 5.15 Å². The third kappa shape index (κ3) is 1.61. The van der Waals surface area contributed by atoms with Gasteiger partial charge in [-0.25, -0.2) is 4.98 Å². The number of rotatable bonds is 1. The van der Waals surface area contributed by atoms with Crippen molar-refractivity contribution in [2.75, 3.05) is 0 Å². The third-order valence-corrected chi connectivity index (χ3v) is 2.19. The number of aromatic nitrogens is 2. The Morgan fingerprint density at radius 2 is 2.14 bits per heavy atom. The fourth-order valence-electron chi connectivity index (χ4n) is 1.25. The zero-order chi connectivity index (χ0) is 10.1. The Hall–Kier alpha value is -1.41. The van der Waals surface area contributed by atoms with E-state index < -0.39 is 0 Å². The van der Waals surface area contributed by atoms with Gasteiger partial charge >= 0.3 is 0 Å². The van der Waals surface area contributed by atoms with Crippen LogP contribution in [0.3, 0.4) is 0 Å². The third-order valence-electron chi connectivity index (χ3n) is 2.01. The average molecular weight is 205 g/mol. The lowest BCUT2D eigenvalue weighted by Gasteiger charge is -2.01. The number of allylic oxidation sites excluding steroid dienone is 1. The summed E-state index contributed by atoms with van der Waals surface area (Å²) in [6, 6.07) is 5.84. The van der Waals surface area contributed by atoms with Crippen molar-refractivity contribution in [3.63, 3.8) is 0 Å². The van der Waals surface area contributed by atoms with Crippen LogP contribution in [0, 0.1) is 0 Å². The van der Waals surface area contributed by atoms with Gasteiger partial charge in [-0.05, 0) is 24.6 Å². The molecule has 2 nitrogen and oxygen atoms in total. The molecule has 1 heterocycles. The second kappa shape index (κ2) is 3.39. The molecule has 1 aromatic carbocycles. The highest BCUT2D eigenvalue weighted by Crippen LogP contribution is 2.18. The Morgan fingerprint density at radius 1 is 1.36 bits per heavy atom. The van der Waals surface area contributed by atoms with Crippen molar-refractivity contribution in [1.29, 1.82) is 0 Å². The molecule has 70 valence electrons. The first-order valence-corrected chi connectivity index (χ1v) is 4.63. The maximum Gasteiger partial charge on any atom is 0.148 e. The molecule has 14 heavy (non-hydrogen) atoms. The predicted molar refractivity (Wildman–Crippen MR) is 59.3 cm³/mol. The van der Waals surface area contributed by atoms with Gasteiger partial charge in [0.25, 0.3) is 0 Å². The Morgan fingerprint density at radius 3 is 2.86 bits per heavy atom. The summed E-state index contributed by atoms with van der Waals surface area (Å²) < 4.78 is 0. The molecule has 0 amide bonds. The van der Waals surface area contributed by atoms with E-state index in [-0.39, 0.29) is 0 Å². The maximum absolute atomic E-state index is 5.75. The second-order valence-corrected chi connectivity index (χ2v) is 3.56. The van der Waals surface area contributed by atoms with Crippen molar-refractivity contribution in [1.82, 2.24) is 9.97 Å². The Labute approximate surface area is 87.3 Å². The van der Waals surface area contributed by atoms with Gasteiger partial charge < -0.3 is 0 Å². The molecule has 0 N–H and O–H groups in total. The van der Waals surface area contributed by atoms with Gasteiger partial charge in [0.05, 0.1) is 17.2 Å². The van der Waals surface area contributed by atoms with E-state index in [9.17, 15) is 0 Å². The topological polar surface area (TPSA) is 25.8 Å². The van der Waals surface area contributed by atoms with E-state index in [1.807, 2.05) is 25.1 Å². The van der Waals surface area contributed by atoms with Gasteiger partial charge in [0.2, 0.25) is 0 Å². The van der Waals surface area contributed by atoms with E-state index >= 15 is 0 Å². The molecule has 0 unspecified atom stereocenters. The Kier molecular flexibility index (Phi) is 2.22. The molecule has 2 aromatic rings. The lowest BCUT2D eigenvalue weighted by molar-refractivity contribution is 1.29. The van der Waals surface area contributed by atoms with Gasteiger partial charge in [-0.2, -0.15) is 0 Å². The molecule has 0 aliphatic rings. The molecule has 0 radical (unpaired) electrons. The van der Waals surface area contributed by atoms with Crippen LogP contribution in [0.5, 0.6) is 0 Å². The van der Waals surface area contributed by atoms with E-state index in [1.165, 1.54) is 0 Å². The highest BCUT2D eigenvalue weighted by molar-refractivity contribution is 6.29. The van der Waals surface area contributed by atoms with Crippen LogP contribution in [0.15, 0.2) is 31.0 Å². The van der Waals surface area contributed by atoms with Crippen LogP contribution in [0.2, 0.25) is 5.15 Å². The van der Waals surface area contributed by atoms with E-state index in [0.717, 1.165) is 22.2 Å². The molecule has 0 atom stereocenters. The van der Waals surface area contributed by atoms with Crippen molar-refractivity contribution >= 4 is 28.2 Å². The summed E-state index contributed by atoms with van der Waals surface area (Å²) in [4.78, 5) is 8.34. The highest BCUT2D eigenvalue weighted by atomic mass is 35.5. The number of hydrogen-bond acceptors (Lipinski definition) is 2.